The van der Waals surface area contributed by atoms with Crippen molar-refractivity contribution in [2.45, 2.75) is 53.2 Å². The van der Waals surface area contributed by atoms with Gasteiger partial charge >= 0.3 is 0 Å². The lowest BCUT2D eigenvalue weighted by molar-refractivity contribution is -0.117. The van der Waals surface area contributed by atoms with Crippen LogP contribution in [-0.4, -0.2) is 28.2 Å². The summed E-state index contributed by atoms with van der Waals surface area (Å²) in [7, 11) is 0. The van der Waals surface area contributed by atoms with Crippen molar-refractivity contribution in [3.8, 4) is 6.07 Å². The number of carbonyl (C=O) groups excluding carboxylic acids is 1. The molecular formula is C17H25N3O2. The molecule has 22 heavy (non-hydrogen) atoms. The Balaban J connectivity index is 2.99. The van der Waals surface area contributed by atoms with Gasteiger partial charge < -0.3 is 15.0 Å². The first-order valence-corrected chi connectivity index (χ1v) is 7.65. The van der Waals surface area contributed by atoms with Crippen molar-refractivity contribution < 1.29 is 9.90 Å². The van der Waals surface area contributed by atoms with Gasteiger partial charge in [0.05, 0.1) is 6.10 Å². The number of aliphatic hydroxyl groups excluding tert-OH is 1. The molecule has 0 spiro atoms. The molecule has 0 saturated heterocycles. The van der Waals surface area contributed by atoms with Gasteiger partial charge in [-0.25, -0.2) is 0 Å². The van der Waals surface area contributed by atoms with Gasteiger partial charge in [0.1, 0.15) is 11.6 Å². The largest absolute Gasteiger partial charge is 0.392 e. The Hall–Kier alpha value is -2.06. The molecule has 0 aromatic carbocycles. The van der Waals surface area contributed by atoms with Gasteiger partial charge in [0.25, 0.3) is 5.91 Å². The number of rotatable bonds is 7. The summed E-state index contributed by atoms with van der Waals surface area (Å²) in [5.74, 6) is -0.457. The Morgan fingerprint density at radius 3 is 2.77 bits per heavy atom. The van der Waals surface area contributed by atoms with Crippen molar-refractivity contribution in [3.05, 3.63) is 28.6 Å². The number of nitrogens with zero attached hydrogens (tertiary/aromatic N) is 2. The van der Waals surface area contributed by atoms with E-state index in [1.807, 2.05) is 26.0 Å². The molecule has 1 rings (SSSR count). The molecule has 0 saturated carbocycles. The predicted molar refractivity (Wildman–Crippen MR) is 87.1 cm³/mol. The number of nitriles is 1. The number of aryl methyl sites for hydroxylation is 1. The van der Waals surface area contributed by atoms with E-state index < -0.39 is 12.0 Å². The Kier molecular flexibility index (Phi) is 6.87. The van der Waals surface area contributed by atoms with E-state index in [-0.39, 0.29) is 12.1 Å². The first kappa shape index (κ1) is 18.0. The minimum Gasteiger partial charge on any atom is -0.392 e. The van der Waals surface area contributed by atoms with Crippen LogP contribution in [0.4, 0.5) is 0 Å². The maximum Gasteiger partial charge on any atom is 0.262 e. The van der Waals surface area contributed by atoms with Crippen molar-refractivity contribution in [2.24, 2.45) is 0 Å². The zero-order valence-electron chi connectivity index (χ0n) is 13.8. The summed E-state index contributed by atoms with van der Waals surface area (Å²) in [6.45, 7) is 8.83. The Morgan fingerprint density at radius 2 is 2.23 bits per heavy atom. The van der Waals surface area contributed by atoms with Crippen LogP contribution in [0, 0.1) is 25.2 Å². The van der Waals surface area contributed by atoms with Gasteiger partial charge in [0.15, 0.2) is 0 Å². The molecule has 0 aliphatic carbocycles. The fraction of sp³-hybridized carbons (Fsp3) is 0.529. The van der Waals surface area contributed by atoms with Crippen molar-refractivity contribution in [1.82, 2.24) is 9.88 Å². The van der Waals surface area contributed by atoms with Crippen LogP contribution in [-0.2, 0) is 11.3 Å². The highest BCUT2D eigenvalue weighted by molar-refractivity contribution is 6.01. The third-order valence-electron chi connectivity index (χ3n) is 3.57. The molecule has 0 aliphatic heterocycles. The van der Waals surface area contributed by atoms with E-state index in [1.54, 1.807) is 13.0 Å². The van der Waals surface area contributed by atoms with E-state index in [2.05, 4.69) is 16.8 Å². The monoisotopic (exact) mass is 303 g/mol. The minimum atomic E-state index is -0.636. The SMILES string of the molecule is CCCCn1c(C)cc(/C=C(/C#N)C(=O)NCC(C)O)c1C. The number of hydrogen-bond acceptors (Lipinski definition) is 3. The maximum absolute atomic E-state index is 11.9. The van der Waals surface area contributed by atoms with Crippen molar-refractivity contribution in [3.63, 3.8) is 0 Å². The molecule has 5 nitrogen and oxygen atoms in total. The fourth-order valence-electron chi connectivity index (χ4n) is 2.27. The smallest absolute Gasteiger partial charge is 0.262 e. The molecule has 1 aromatic heterocycles. The zero-order chi connectivity index (χ0) is 16.7. The highest BCUT2D eigenvalue weighted by Crippen LogP contribution is 2.19. The number of aromatic nitrogens is 1. The van der Waals surface area contributed by atoms with Crippen LogP contribution < -0.4 is 5.32 Å². The second kappa shape index (κ2) is 8.40. The van der Waals surface area contributed by atoms with Crippen molar-refractivity contribution >= 4 is 12.0 Å². The molecule has 1 unspecified atom stereocenters. The predicted octanol–water partition coefficient (Wildman–Crippen LogP) is 2.31. The average molecular weight is 303 g/mol. The van der Waals surface area contributed by atoms with Crippen LogP contribution in [0.5, 0.6) is 0 Å². The number of nitrogens with one attached hydrogen (secondary N) is 1. The first-order valence-electron chi connectivity index (χ1n) is 7.65. The van der Waals surface area contributed by atoms with Crippen LogP contribution in [0.15, 0.2) is 11.6 Å². The fourth-order valence-corrected chi connectivity index (χ4v) is 2.27. The van der Waals surface area contributed by atoms with Crippen molar-refractivity contribution in [1.29, 1.82) is 5.26 Å². The van der Waals surface area contributed by atoms with Gasteiger partial charge in [-0.15, -0.1) is 0 Å². The summed E-state index contributed by atoms with van der Waals surface area (Å²) in [6.07, 6.45) is 3.19. The average Bonchev–Trinajstić information content (AvgIpc) is 2.74. The Labute approximate surface area is 132 Å². The molecule has 1 amide bonds. The van der Waals surface area contributed by atoms with E-state index >= 15 is 0 Å². The van der Waals surface area contributed by atoms with Gasteiger partial charge in [-0.05, 0) is 44.9 Å². The lowest BCUT2D eigenvalue weighted by Crippen LogP contribution is -2.31. The molecule has 5 heteroatoms. The molecule has 0 fully saturated rings. The van der Waals surface area contributed by atoms with Crippen LogP contribution in [0.1, 0.15) is 43.6 Å². The lowest BCUT2D eigenvalue weighted by atomic mass is 10.1. The lowest BCUT2D eigenvalue weighted by Gasteiger charge is -2.08. The molecule has 1 aromatic rings. The van der Waals surface area contributed by atoms with Crippen LogP contribution in [0.2, 0.25) is 0 Å². The highest BCUT2D eigenvalue weighted by atomic mass is 16.3. The standard InChI is InChI=1S/C17H25N3O2/c1-5-6-7-20-12(2)8-15(14(20)4)9-16(10-18)17(22)19-11-13(3)21/h8-9,13,21H,5-7,11H2,1-4H3,(H,19,22)/b16-9-. The third-order valence-corrected chi connectivity index (χ3v) is 3.57. The van der Waals surface area contributed by atoms with E-state index in [0.717, 1.165) is 36.3 Å². The van der Waals surface area contributed by atoms with Crippen LogP contribution in [0.25, 0.3) is 6.08 Å². The molecule has 1 heterocycles. The van der Waals surface area contributed by atoms with Gasteiger partial charge in [-0.2, -0.15) is 5.26 Å². The third kappa shape index (κ3) is 4.74. The summed E-state index contributed by atoms with van der Waals surface area (Å²) >= 11 is 0. The topological polar surface area (TPSA) is 78.0 Å². The van der Waals surface area contributed by atoms with Crippen LogP contribution >= 0.6 is 0 Å². The summed E-state index contributed by atoms with van der Waals surface area (Å²) in [5, 5.41) is 20.9. The number of hydrogen-bond donors (Lipinski definition) is 2. The number of amides is 1. The molecule has 0 bridgehead atoms. The Morgan fingerprint density at radius 1 is 1.55 bits per heavy atom. The van der Waals surface area contributed by atoms with Gasteiger partial charge in [0, 0.05) is 24.5 Å². The number of carbonyl (C=O) groups is 1. The summed E-state index contributed by atoms with van der Waals surface area (Å²) in [4.78, 5) is 11.9. The quantitative estimate of drug-likeness (QED) is 0.599. The highest BCUT2D eigenvalue weighted by Gasteiger charge is 2.13. The number of aliphatic hydroxyl groups is 1. The first-order chi connectivity index (χ1) is 10.4. The summed E-state index contributed by atoms with van der Waals surface area (Å²) in [6, 6.07) is 3.92. The molecule has 2 N–H and O–H groups in total. The van der Waals surface area contributed by atoms with E-state index in [1.165, 1.54) is 0 Å². The van der Waals surface area contributed by atoms with E-state index in [0.29, 0.717) is 0 Å². The molecule has 0 radical (unpaired) electrons. The summed E-state index contributed by atoms with van der Waals surface area (Å²) < 4.78 is 2.21. The van der Waals surface area contributed by atoms with Gasteiger partial charge in [0.2, 0.25) is 0 Å². The zero-order valence-corrected chi connectivity index (χ0v) is 13.8. The van der Waals surface area contributed by atoms with Gasteiger partial charge in [-0.1, -0.05) is 13.3 Å². The number of unbranched alkanes of at least 4 members (excludes halogenated alkanes) is 1. The molecule has 0 aliphatic rings. The van der Waals surface area contributed by atoms with E-state index in [4.69, 9.17) is 0 Å². The molecule has 1 atom stereocenters. The van der Waals surface area contributed by atoms with Gasteiger partial charge in [-0.3, -0.25) is 4.79 Å². The maximum atomic E-state index is 11.9. The minimum absolute atomic E-state index is 0.0522. The van der Waals surface area contributed by atoms with Crippen molar-refractivity contribution in [2.75, 3.05) is 6.54 Å². The van der Waals surface area contributed by atoms with E-state index in [9.17, 15) is 15.2 Å². The van der Waals surface area contributed by atoms with Crippen LogP contribution in [0.3, 0.4) is 0 Å². The second-order valence-electron chi connectivity index (χ2n) is 5.56. The Bertz CT molecular complexity index is 592. The molecule has 120 valence electrons. The molecular weight excluding hydrogens is 278 g/mol. The second-order valence-corrected chi connectivity index (χ2v) is 5.56. The summed E-state index contributed by atoms with van der Waals surface area (Å²) in [5.41, 5.74) is 3.12. The normalized spacial score (nSPS) is 12.8.